The molecule has 28 heavy (non-hydrogen) atoms. The number of aliphatic imine (C=N–C) groups is 1. The molecular formula is C21H33N7. The largest absolute Gasteiger partial charge is 0.357 e. The van der Waals surface area contributed by atoms with Crippen molar-refractivity contribution in [1.82, 2.24) is 29.7 Å². The molecule has 0 bridgehead atoms. The first-order chi connectivity index (χ1) is 13.8. The SMILES string of the molecule is CCNC(=NCCc1nnc2ccccn12)N1CCC(CN2CCCCC2)C1. The Balaban J connectivity index is 1.33. The molecule has 7 nitrogen and oxygen atoms in total. The fraction of sp³-hybridized carbons (Fsp3) is 0.667. The maximum atomic E-state index is 4.90. The molecule has 0 saturated carbocycles. The molecule has 0 aromatic carbocycles. The fourth-order valence-electron chi connectivity index (χ4n) is 4.43. The van der Waals surface area contributed by atoms with Crippen LogP contribution in [0.4, 0.5) is 0 Å². The summed E-state index contributed by atoms with van der Waals surface area (Å²) < 4.78 is 2.05. The van der Waals surface area contributed by atoms with E-state index in [-0.39, 0.29) is 0 Å². The first-order valence-corrected chi connectivity index (χ1v) is 10.9. The van der Waals surface area contributed by atoms with Gasteiger partial charge in [0.05, 0.1) is 0 Å². The third-order valence-corrected chi connectivity index (χ3v) is 5.87. The second-order valence-corrected chi connectivity index (χ2v) is 7.99. The molecule has 2 saturated heterocycles. The molecule has 152 valence electrons. The van der Waals surface area contributed by atoms with Crippen molar-refractivity contribution in [2.75, 3.05) is 45.8 Å². The topological polar surface area (TPSA) is 61.1 Å². The van der Waals surface area contributed by atoms with E-state index in [4.69, 9.17) is 4.99 Å². The number of hydrogen-bond acceptors (Lipinski definition) is 4. The van der Waals surface area contributed by atoms with Crippen molar-refractivity contribution in [3.05, 3.63) is 30.2 Å². The van der Waals surface area contributed by atoms with Gasteiger partial charge in [-0.2, -0.15) is 0 Å². The van der Waals surface area contributed by atoms with Crippen LogP contribution in [0.3, 0.4) is 0 Å². The minimum absolute atomic E-state index is 0.727. The molecule has 2 aromatic rings. The number of likely N-dealkylation sites (tertiary alicyclic amines) is 2. The Morgan fingerprint density at radius 2 is 2.07 bits per heavy atom. The van der Waals surface area contributed by atoms with Crippen LogP contribution in [0.2, 0.25) is 0 Å². The van der Waals surface area contributed by atoms with Crippen LogP contribution < -0.4 is 5.32 Å². The van der Waals surface area contributed by atoms with Crippen LogP contribution >= 0.6 is 0 Å². The number of nitrogens with one attached hydrogen (secondary N) is 1. The van der Waals surface area contributed by atoms with Gasteiger partial charge in [-0.3, -0.25) is 9.39 Å². The Bertz CT molecular complexity index is 778. The van der Waals surface area contributed by atoms with Gasteiger partial charge in [-0.05, 0) is 57.3 Å². The molecule has 0 radical (unpaired) electrons. The summed E-state index contributed by atoms with van der Waals surface area (Å²) in [6.45, 7) is 9.83. The lowest BCUT2D eigenvalue weighted by molar-refractivity contribution is 0.198. The van der Waals surface area contributed by atoms with E-state index in [1.165, 1.54) is 45.3 Å². The van der Waals surface area contributed by atoms with Crippen molar-refractivity contribution in [1.29, 1.82) is 0 Å². The number of piperidine rings is 1. The predicted molar refractivity (Wildman–Crippen MR) is 113 cm³/mol. The van der Waals surface area contributed by atoms with Crippen LogP contribution in [0.25, 0.3) is 5.65 Å². The molecule has 4 rings (SSSR count). The van der Waals surface area contributed by atoms with Crippen molar-refractivity contribution in [2.24, 2.45) is 10.9 Å². The van der Waals surface area contributed by atoms with Gasteiger partial charge >= 0.3 is 0 Å². The quantitative estimate of drug-likeness (QED) is 0.611. The van der Waals surface area contributed by atoms with Crippen LogP contribution in [-0.2, 0) is 6.42 Å². The number of aromatic nitrogens is 3. The lowest BCUT2D eigenvalue weighted by Crippen LogP contribution is -2.41. The van der Waals surface area contributed by atoms with E-state index in [2.05, 4.69) is 32.2 Å². The maximum Gasteiger partial charge on any atom is 0.193 e. The monoisotopic (exact) mass is 383 g/mol. The summed E-state index contributed by atoms with van der Waals surface area (Å²) in [6.07, 6.45) is 8.24. The van der Waals surface area contributed by atoms with Crippen molar-refractivity contribution in [3.63, 3.8) is 0 Å². The van der Waals surface area contributed by atoms with Crippen LogP contribution in [0.5, 0.6) is 0 Å². The van der Waals surface area contributed by atoms with Gasteiger partial charge in [0.1, 0.15) is 5.82 Å². The fourth-order valence-corrected chi connectivity index (χ4v) is 4.43. The van der Waals surface area contributed by atoms with Gasteiger partial charge in [0.2, 0.25) is 0 Å². The molecule has 4 heterocycles. The summed E-state index contributed by atoms with van der Waals surface area (Å²) in [5, 5.41) is 12.0. The summed E-state index contributed by atoms with van der Waals surface area (Å²) in [5.41, 5.74) is 0.897. The zero-order chi connectivity index (χ0) is 19.2. The molecule has 2 fully saturated rings. The van der Waals surface area contributed by atoms with Crippen LogP contribution in [0.1, 0.15) is 38.4 Å². The van der Waals surface area contributed by atoms with Crippen molar-refractivity contribution >= 4 is 11.6 Å². The molecule has 2 aromatic heterocycles. The lowest BCUT2D eigenvalue weighted by atomic mass is 10.1. The van der Waals surface area contributed by atoms with E-state index in [0.29, 0.717) is 0 Å². The highest BCUT2D eigenvalue weighted by Crippen LogP contribution is 2.20. The summed E-state index contributed by atoms with van der Waals surface area (Å²) in [7, 11) is 0. The van der Waals surface area contributed by atoms with Crippen molar-refractivity contribution in [2.45, 2.75) is 39.0 Å². The summed E-state index contributed by atoms with van der Waals surface area (Å²) in [6, 6.07) is 5.99. The molecule has 2 aliphatic rings. The lowest BCUT2D eigenvalue weighted by Gasteiger charge is -2.29. The number of fused-ring (bicyclic) bond motifs is 1. The number of rotatable bonds is 6. The number of hydrogen-bond donors (Lipinski definition) is 1. The van der Waals surface area contributed by atoms with Gasteiger partial charge < -0.3 is 15.1 Å². The first kappa shape index (κ1) is 19.2. The van der Waals surface area contributed by atoms with E-state index in [1.807, 2.05) is 28.8 Å². The molecule has 1 N–H and O–H groups in total. The number of nitrogens with zero attached hydrogens (tertiary/aromatic N) is 6. The van der Waals surface area contributed by atoms with Gasteiger partial charge in [-0.1, -0.05) is 12.5 Å². The predicted octanol–water partition coefficient (Wildman–Crippen LogP) is 2.05. The highest BCUT2D eigenvalue weighted by atomic mass is 15.3. The van der Waals surface area contributed by atoms with Crippen molar-refractivity contribution < 1.29 is 0 Å². The first-order valence-electron chi connectivity index (χ1n) is 10.9. The standard InChI is InChI=1S/C21H33N7/c1-2-22-21(23-11-9-20-25-24-19-8-4-7-14-28(19)20)27-15-10-18(17-27)16-26-12-5-3-6-13-26/h4,7-8,14,18H,2-3,5-6,9-13,15-17H2,1H3,(H,22,23). The maximum absolute atomic E-state index is 4.90. The summed E-state index contributed by atoms with van der Waals surface area (Å²) in [4.78, 5) is 10.0. The van der Waals surface area contributed by atoms with Gasteiger partial charge in [-0.15, -0.1) is 10.2 Å². The minimum Gasteiger partial charge on any atom is -0.357 e. The molecule has 1 atom stereocenters. The van der Waals surface area contributed by atoms with E-state index in [9.17, 15) is 0 Å². The van der Waals surface area contributed by atoms with Gasteiger partial charge in [0, 0.05) is 45.3 Å². The zero-order valence-corrected chi connectivity index (χ0v) is 17.1. The number of pyridine rings is 1. The van der Waals surface area contributed by atoms with Gasteiger partial charge in [0.15, 0.2) is 11.6 Å². The Morgan fingerprint density at radius 1 is 1.18 bits per heavy atom. The van der Waals surface area contributed by atoms with E-state index in [0.717, 1.165) is 55.9 Å². The summed E-state index contributed by atoms with van der Waals surface area (Å²) >= 11 is 0. The third-order valence-electron chi connectivity index (χ3n) is 5.87. The van der Waals surface area contributed by atoms with E-state index in [1.54, 1.807) is 0 Å². The van der Waals surface area contributed by atoms with Gasteiger partial charge in [0.25, 0.3) is 0 Å². The highest BCUT2D eigenvalue weighted by Gasteiger charge is 2.26. The Kier molecular flexibility index (Phi) is 6.41. The molecule has 1 unspecified atom stereocenters. The minimum atomic E-state index is 0.727. The van der Waals surface area contributed by atoms with E-state index >= 15 is 0 Å². The molecular weight excluding hydrogens is 350 g/mol. The molecule has 0 spiro atoms. The summed E-state index contributed by atoms with van der Waals surface area (Å²) in [5.74, 6) is 2.79. The average molecular weight is 384 g/mol. The molecule has 0 amide bonds. The smallest absolute Gasteiger partial charge is 0.193 e. The van der Waals surface area contributed by atoms with Crippen LogP contribution in [0.15, 0.2) is 29.4 Å². The normalized spacial score (nSPS) is 21.5. The van der Waals surface area contributed by atoms with Crippen LogP contribution in [-0.4, -0.2) is 76.2 Å². The zero-order valence-electron chi connectivity index (χ0n) is 17.1. The second kappa shape index (κ2) is 9.37. The molecule has 0 aliphatic carbocycles. The Hall–Kier alpha value is -2.15. The van der Waals surface area contributed by atoms with Crippen molar-refractivity contribution in [3.8, 4) is 0 Å². The van der Waals surface area contributed by atoms with Gasteiger partial charge in [-0.25, -0.2) is 0 Å². The highest BCUT2D eigenvalue weighted by molar-refractivity contribution is 5.80. The Morgan fingerprint density at radius 3 is 2.93 bits per heavy atom. The third kappa shape index (κ3) is 4.63. The molecule has 2 aliphatic heterocycles. The van der Waals surface area contributed by atoms with E-state index < -0.39 is 0 Å². The average Bonchev–Trinajstić information content (AvgIpc) is 3.35. The van der Waals surface area contributed by atoms with Crippen LogP contribution in [0, 0.1) is 5.92 Å². The molecule has 7 heteroatoms. The second-order valence-electron chi connectivity index (χ2n) is 7.99. The number of guanidine groups is 1. The Labute approximate surface area is 167 Å².